The molecule has 2 aromatic heterocycles. The molecule has 0 unspecified atom stereocenters. The zero-order valence-corrected chi connectivity index (χ0v) is 10.4. The Balaban J connectivity index is 1.95. The van der Waals surface area contributed by atoms with Crippen molar-refractivity contribution < 1.29 is 4.79 Å². The number of rotatable bonds is 4. The fourth-order valence-corrected chi connectivity index (χ4v) is 1.75. The lowest BCUT2D eigenvalue weighted by molar-refractivity contribution is 0.0944. The molecule has 0 aliphatic heterocycles. The fraction of sp³-hybridized carbons (Fsp3) is 0.364. The number of amides is 1. The molecule has 7 heteroatoms. The van der Waals surface area contributed by atoms with Crippen LogP contribution in [0.15, 0.2) is 18.7 Å². The van der Waals surface area contributed by atoms with E-state index in [2.05, 4.69) is 15.4 Å². The molecule has 0 radical (unpaired) electrons. The Labute approximate surface area is 105 Å². The molecule has 0 saturated carbocycles. The predicted molar refractivity (Wildman–Crippen MR) is 66.9 cm³/mol. The van der Waals surface area contributed by atoms with Crippen LogP contribution in [0.2, 0.25) is 0 Å². The molecule has 3 N–H and O–H groups in total. The van der Waals surface area contributed by atoms with Gasteiger partial charge >= 0.3 is 0 Å². The number of aromatic nitrogens is 4. The number of carbonyl (C=O) groups excluding carboxylic acids is 1. The van der Waals surface area contributed by atoms with E-state index in [1.54, 1.807) is 26.5 Å². The van der Waals surface area contributed by atoms with Crippen molar-refractivity contribution in [2.24, 2.45) is 7.05 Å². The van der Waals surface area contributed by atoms with E-state index in [0.717, 1.165) is 0 Å². The molecule has 2 rings (SSSR count). The van der Waals surface area contributed by atoms with Gasteiger partial charge in [0, 0.05) is 32.5 Å². The lowest BCUT2D eigenvalue weighted by Crippen LogP contribution is -2.29. The molecule has 0 spiro atoms. The van der Waals surface area contributed by atoms with E-state index in [0.29, 0.717) is 30.2 Å². The summed E-state index contributed by atoms with van der Waals surface area (Å²) in [4.78, 5) is 15.9. The van der Waals surface area contributed by atoms with Crippen molar-refractivity contribution in [2.45, 2.75) is 13.5 Å². The number of nitrogens with two attached hydrogens (primary N) is 1. The van der Waals surface area contributed by atoms with E-state index in [-0.39, 0.29) is 5.91 Å². The van der Waals surface area contributed by atoms with Crippen LogP contribution >= 0.6 is 0 Å². The SMILES string of the molecule is Cc1nn(C)c(C(=O)NCCn2ccnc2)c1N. The van der Waals surface area contributed by atoms with Crippen molar-refractivity contribution in [1.82, 2.24) is 24.6 Å². The van der Waals surface area contributed by atoms with Crippen molar-refractivity contribution in [3.63, 3.8) is 0 Å². The van der Waals surface area contributed by atoms with Gasteiger partial charge in [-0.05, 0) is 6.92 Å². The van der Waals surface area contributed by atoms with Crippen LogP contribution in [0.3, 0.4) is 0 Å². The van der Waals surface area contributed by atoms with Gasteiger partial charge in [0.1, 0.15) is 5.69 Å². The molecule has 0 fully saturated rings. The van der Waals surface area contributed by atoms with Crippen molar-refractivity contribution in [1.29, 1.82) is 0 Å². The summed E-state index contributed by atoms with van der Waals surface area (Å²) in [7, 11) is 1.70. The van der Waals surface area contributed by atoms with E-state index in [1.165, 1.54) is 4.68 Å². The number of imidazole rings is 1. The molecular formula is C11H16N6O. The Morgan fingerprint density at radius 1 is 1.56 bits per heavy atom. The van der Waals surface area contributed by atoms with Crippen LogP contribution in [0.4, 0.5) is 5.69 Å². The maximum atomic E-state index is 12.0. The first-order valence-corrected chi connectivity index (χ1v) is 5.62. The van der Waals surface area contributed by atoms with Gasteiger partial charge in [0.2, 0.25) is 0 Å². The average molecular weight is 248 g/mol. The van der Waals surface area contributed by atoms with Crippen LogP contribution in [-0.4, -0.2) is 31.8 Å². The van der Waals surface area contributed by atoms with E-state index in [4.69, 9.17) is 5.73 Å². The first-order chi connectivity index (χ1) is 8.59. The normalized spacial score (nSPS) is 10.6. The first-order valence-electron chi connectivity index (χ1n) is 5.62. The number of nitrogens with zero attached hydrogens (tertiary/aromatic N) is 4. The number of aryl methyl sites for hydroxylation is 2. The van der Waals surface area contributed by atoms with E-state index < -0.39 is 0 Å². The van der Waals surface area contributed by atoms with Crippen LogP contribution in [0.25, 0.3) is 0 Å². The third kappa shape index (κ3) is 2.34. The molecule has 0 aliphatic rings. The molecule has 0 saturated heterocycles. The van der Waals surface area contributed by atoms with Crippen molar-refractivity contribution in [3.05, 3.63) is 30.1 Å². The fourth-order valence-electron chi connectivity index (χ4n) is 1.75. The number of hydrogen-bond acceptors (Lipinski definition) is 4. The topological polar surface area (TPSA) is 90.8 Å². The van der Waals surface area contributed by atoms with Gasteiger partial charge in [-0.25, -0.2) is 4.98 Å². The van der Waals surface area contributed by atoms with Gasteiger partial charge in [0.25, 0.3) is 5.91 Å². The van der Waals surface area contributed by atoms with Gasteiger partial charge in [0.15, 0.2) is 0 Å². The summed E-state index contributed by atoms with van der Waals surface area (Å²) in [6.07, 6.45) is 5.24. The minimum absolute atomic E-state index is 0.212. The summed E-state index contributed by atoms with van der Waals surface area (Å²) in [6.45, 7) is 2.96. The van der Waals surface area contributed by atoms with Gasteiger partial charge < -0.3 is 15.6 Å². The summed E-state index contributed by atoms with van der Waals surface area (Å²) in [5.74, 6) is -0.212. The van der Waals surface area contributed by atoms with Crippen molar-refractivity contribution in [2.75, 3.05) is 12.3 Å². The second kappa shape index (κ2) is 4.91. The van der Waals surface area contributed by atoms with Gasteiger partial charge in [-0.15, -0.1) is 0 Å². The van der Waals surface area contributed by atoms with E-state index in [1.807, 2.05) is 10.8 Å². The third-order valence-electron chi connectivity index (χ3n) is 2.70. The first kappa shape index (κ1) is 12.2. The quantitative estimate of drug-likeness (QED) is 0.793. The lowest BCUT2D eigenvalue weighted by atomic mass is 10.3. The minimum Gasteiger partial charge on any atom is -0.395 e. The summed E-state index contributed by atoms with van der Waals surface area (Å²) in [6, 6.07) is 0. The number of anilines is 1. The molecule has 0 atom stereocenters. The van der Waals surface area contributed by atoms with Crippen LogP contribution < -0.4 is 11.1 Å². The summed E-state index contributed by atoms with van der Waals surface area (Å²) < 4.78 is 3.38. The van der Waals surface area contributed by atoms with Gasteiger partial charge in [0.05, 0.1) is 17.7 Å². The monoisotopic (exact) mass is 248 g/mol. The molecule has 0 aromatic carbocycles. The van der Waals surface area contributed by atoms with E-state index >= 15 is 0 Å². The Bertz CT molecular complexity index is 542. The average Bonchev–Trinajstić information content (AvgIpc) is 2.89. The summed E-state index contributed by atoms with van der Waals surface area (Å²) >= 11 is 0. The van der Waals surface area contributed by atoms with Crippen LogP contribution in [-0.2, 0) is 13.6 Å². The van der Waals surface area contributed by atoms with Crippen molar-refractivity contribution in [3.8, 4) is 0 Å². The molecule has 0 bridgehead atoms. The molecule has 2 heterocycles. The number of hydrogen-bond donors (Lipinski definition) is 2. The summed E-state index contributed by atoms with van der Waals surface area (Å²) in [5.41, 5.74) is 7.30. The predicted octanol–water partition coefficient (Wildman–Crippen LogP) is -0.0628. The Morgan fingerprint density at radius 3 is 2.89 bits per heavy atom. The number of carbonyl (C=O) groups is 1. The van der Waals surface area contributed by atoms with E-state index in [9.17, 15) is 4.79 Å². The van der Waals surface area contributed by atoms with Crippen LogP contribution in [0.5, 0.6) is 0 Å². The third-order valence-corrected chi connectivity index (χ3v) is 2.70. The largest absolute Gasteiger partial charge is 0.395 e. The van der Waals surface area contributed by atoms with Crippen molar-refractivity contribution >= 4 is 11.6 Å². The molecule has 96 valence electrons. The van der Waals surface area contributed by atoms with Gasteiger partial charge in [-0.3, -0.25) is 9.48 Å². The molecule has 2 aromatic rings. The zero-order valence-electron chi connectivity index (χ0n) is 10.4. The minimum atomic E-state index is -0.212. The molecule has 7 nitrogen and oxygen atoms in total. The highest BCUT2D eigenvalue weighted by atomic mass is 16.2. The molecule has 18 heavy (non-hydrogen) atoms. The Morgan fingerprint density at radius 2 is 2.33 bits per heavy atom. The summed E-state index contributed by atoms with van der Waals surface area (Å²) in [5, 5.41) is 6.91. The maximum Gasteiger partial charge on any atom is 0.271 e. The van der Waals surface area contributed by atoms with Crippen LogP contribution in [0.1, 0.15) is 16.2 Å². The van der Waals surface area contributed by atoms with Crippen LogP contribution in [0, 0.1) is 6.92 Å². The molecule has 0 aliphatic carbocycles. The smallest absolute Gasteiger partial charge is 0.271 e. The number of nitrogen functional groups attached to an aromatic ring is 1. The second-order valence-electron chi connectivity index (χ2n) is 4.03. The lowest BCUT2D eigenvalue weighted by Gasteiger charge is -2.06. The highest BCUT2D eigenvalue weighted by Crippen LogP contribution is 2.14. The highest BCUT2D eigenvalue weighted by molar-refractivity contribution is 5.97. The van der Waals surface area contributed by atoms with Gasteiger partial charge in [-0.1, -0.05) is 0 Å². The Hall–Kier alpha value is -2.31. The van der Waals surface area contributed by atoms with Gasteiger partial charge in [-0.2, -0.15) is 5.10 Å². The Kier molecular flexibility index (Phi) is 3.31. The zero-order chi connectivity index (χ0) is 13.1. The molecular weight excluding hydrogens is 232 g/mol. The second-order valence-corrected chi connectivity index (χ2v) is 4.03. The highest BCUT2D eigenvalue weighted by Gasteiger charge is 2.17. The standard InChI is InChI=1S/C11H16N6O/c1-8-9(12)10(16(2)15-8)11(18)14-4-6-17-5-3-13-7-17/h3,5,7H,4,6,12H2,1-2H3,(H,14,18). The number of nitrogens with one attached hydrogen (secondary N) is 1. The molecule has 1 amide bonds. The maximum absolute atomic E-state index is 12.0.